The van der Waals surface area contributed by atoms with Crippen molar-refractivity contribution in [1.29, 1.82) is 0 Å². The molecule has 1 fully saturated rings. The summed E-state index contributed by atoms with van der Waals surface area (Å²) in [7, 11) is 1.51. The highest BCUT2D eigenvalue weighted by Crippen LogP contribution is 2.24. The smallest absolute Gasteiger partial charge is 0.326 e. The highest BCUT2D eigenvalue weighted by atomic mass is 16.4. The summed E-state index contributed by atoms with van der Waals surface area (Å²) in [6.07, 6.45) is 1.49. The Morgan fingerprint density at radius 1 is 1.40 bits per heavy atom. The summed E-state index contributed by atoms with van der Waals surface area (Å²) in [6, 6.07) is -1.21. The SMILES string of the molecule is CCCNC(=O)CN(C)C(=O)N1CCC(C)C1C(=O)O. The molecule has 0 bridgehead atoms. The van der Waals surface area contributed by atoms with E-state index >= 15 is 0 Å². The highest BCUT2D eigenvalue weighted by molar-refractivity contribution is 5.87. The van der Waals surface area contributed by atoms with Gasteiger partial charge in [0.25, 0.3) is 0 Å². The Labute approximate surface area is 118 Å². The lowest BCUT2D eigenvalue weighted by molar-refractivity contribution is -0.142. The van der Waals surface area contributed by atoms with Gasteiger partial charge in [-0.1, -0.05) is 13.8 Å². The van der Waals surface area contributed by atoms with Crippen LogP contribution in [0.25, 0.3) is 0 Å². The summed E-state index contributed by atoms with van der Waals surface area (Å²) in [5, 5.41) is 11.9. The number of likely N-dealkylation sites (tertiary alicyclic amines) is 1. The maximum absolute atomic E-state index is 12.2. The van der Waals surface area contributed by atoms with E-state index in [4.69, 9.17) is 0 Å². The van der Waals surface area contributed by atoms with Gasteiger partial charge in [-0.25, -0.2) is 9.59 Å². The first-order valence-corrected chi connectivity index (χ1v) is 6.89. The minimum atomic E-state index is -0.993. The second-order valence-electron chi connectivity index (χ2n) is 5.23. The van der Waals surface area contributed by atoms with Crippen molar-refractivity contribution in [3.8, 4) is 0 Å². The van der Waals surface area contributed by atoms with Crippen molar-refractivity contribution in [3.05, 3.63) is 0 Å². The maximum Gasteiger partial charge on any atom is 0.326 e. The third-order valence-corrected chi connectivity index (χ3v) is 3.48. The van der Waals surface area contributed by atoms with Crippen molar-refractivity contribution in [2.75, 3.05) is 26.7 Å². The molecule has 1 heterocycles. The lowest BCUT2D eigenvalue weighted by Crippen LogP contribution is -2.50. The van der Waals surface area contributed by atoms with Crippen LogP contribution in [-0.2, 0) is 9.59 Å². The van der Waals surface area contributed by atoms with Gasteiger partial charge >= 0.3 is 12.0 Å². The van der Waals surface area contributed by atoms with E-state index in [0.29, 0.717) is 19.5 Å². The van der Waals surface area contributed by atoms with Crippen LogP contribution in [0.3, 0.4) is 0 Å². The van der Waals surface area contributed by atoms with Crippen LogP contribution in [0.5, 0.6) is 0 Å². The molecule has 0 radical (unpaired) electrons. The molecule has 2 N–H and O–H groups in total. The molecule has 0 saturated carbocycles. The molecule has 1 aliphatic heterocycles. The number of rotatable bonds is 5. The van der Waals surface area contributed by atoms with E-state index < -0.39 is 18.0 Å². The second kappa shape index (κ2) is 7.12. The largest absolute Gasteiger partial charge is 0.480 e. The molecule has 0 aliphatic carbocycles. The van der Waals surface area contributed by atoms with E-state index in [2.05, 4.69) is 5.32 Å². The molecule has 114 valence electrons. The predicted molar refractivity (Wildman–Crippen MR) is 73.2 cm³/mol. The number of carboxylic acid groups (broad SMARTS) is 1. The molecule has 1 rings (SSSR count). The zero-order valence-electron chi connectivity index (χ0n) is 12.3. The fourth-order valence-corrected chi connectivity index (χ4v) is 2.36. The standard InChI is InChI=1S/C13H23N3O4/c1-4-6-14-10(17)8-15(3)13(20)16-7-5-9(2)11(16)12(18)19/h9,11H,4-8H2,1-3H3,(H,14,17)(H,18,19). The Hall–Kier alpha value is -1.79. The first kappa shape index (κ1) is 16.3. The average Bonchev–Trinajstić information content (AvgIpc) is 2.77. The number of amides is 3. The lowest BCUT2D eigenvalue weighted by Gasteiger charge is -2.28. The van der Waals surface area contributed by atoms with Crippen LogP contribution < -0.4 is 5.32 Å². The summed E-state index contributed by atoms with van der Waals surface area (Å²) in [5.41, 5.74) is 0. The van der Waals surface area contributed by atoms with Crippen molar-refractivity contribution < 1.29 is 19.5 Å². The number of nitrogens with zero attached hydrogens (tertiary/aromatic N) is 2. The highest BCUT2D eigenvalue weighted by Gasteiger charge is 2.40. The van der Waals surface area contributed by atoms with Crippen LogP contribution in [0.2, 0.25) is 0 Å². The zero-order chi connectivity index (χ0) is 15.3. The van der Waals surface area contributed by atoms with Gasteiger partial charge in [-0.05, 0) is 18.8 Å². The number of hydrogen-bond donors (Lipinski definition) is 2. The Morgan fingerprint density at radius 3 is 2.60 bits per heavy atom. The van der Waals surface area contributed by atoms with Crippen LogP contribution in [0.4, 0.5) is 4.79 Å². The molecule has 0 aromatic rings. The number of likely N-dealkylation sites (N-methyl/N-ethyl adjacent to an activating group) is 1. The van der Waals surface area contributed by atoms with E-state index in [1.54, 1.807) is 0 Å². The van der Waals surface area contributed by atoms with Crippen molar-refractivity contribution in [2.45, 2.75) is 32.7 Å². The Morgan fingerprint density at radius 2 is 2.05 bits per heavy atom. The number of hydrogen-bond acceptors (Lipinski definition) is 3. The van der Waals surface area contributed by atoms with E-state index in [-0.39, 0.29) is 18.4 Å². The molecule has 20 heavy (non-hydrogen) atoms. The predicted octanol–water partition coefficient (Wildman–Crippen LogP) is 0.359. The number of carbonyl (C=O) groups excluding carboxylic acids is 2. The van der Waals surface area contributed by atoms with Crippen LogP contribution in [0.1, 0.15) is 26.7 Å². The fourth-order valence-electron chi connectivity index (χ4n) is 2.36. The van der Waals surface area contributed by atoms with E-state index in [9.17, 15) is 19.5 Å². The van der Waals surface area contributed by atoms with Gasteiger partial charge in [0.1, 0.15) is 12.6 Å². The monoisotopic (exact) mass is 285 g/mol. The molecule has 7 nitrogen and oxygen atoms in total. The van der Waals surface area contributed by atoms with Gasteiger partial charge < -0.3 is 20.2 Å². The lowest BCUT2D eigenvalue weighted by atomic mass is 10.0. The number of aliphatic carboxylic acids is 1. The molecule has 2 atom stereocenters. The van der Waals surface area contributed by atoms with Crippen LogP contribution in [0, 0.1) is 5.92 Å². The molecule has 0 spiro atoms. The normalized spacial score (nSPS) is 21.6. The molecule has 0 aromatic carbocycles. The van der Waals surface area contributed by atoms with Gasteiger partial charge in [-0.15, -0.1) is 0 Å². The van der Waals surface area contributed by atoms with E-state index in [1.165, 1.54) is 16.8 Å². The molecule has 3 amide bonds. The first-order valence-electron chi connectivity index (χ1n) is 6.89. The Balaban J connectivity index is 2.60. The maximum atomic E-state index is 12.2. The van der Waals surface area contributed by atoms with Gasteiger partial charge in [0.05, 0.1) is 0 Å². The topological polar surface area (TPSA) is 90.0 Å². The molecule has 1 aliphatic rings. The molecule has 2 unspecified atom stereocenters. The van der Waals surface area contributed by atoms with Crippen LogP contribution in [-0.4, -0.2) is 65.5 Å². The molecular formula is C13H23N3O4. The second-order valence-corrected chi connectivity index (χ2v) is 5.23. The average molecular weight is 285 g/mol. The Kier molecular flexibility index (Phi) is 5.79. The number of carbonyl (C=O) groups is 3. The van der Waals surface area contributed by atoms with Gasteiger partial charge in [0.15, 0.2) is 0 Å². The minimum absolute atomic E-state index is 0.0595. The number of carboxylic acids is 1. The minimum Gasteiger partial charge on any atom is -0.480 e. The quantitative estimate of drug-likeness (QED) is 0.763. The molecule has 1 saturated heterocycles. The molecule has 7 heteroatoms. The third kappa shape index (κ3) is 3.85. The van der Waals surface area contributed by atoms with Gasteiger partial charge in [0.2, 0.25) is 5.91 Å². The summed E-state index contributed by atoms with van der Waals surface area (Å²) in [4.78, 5) is 37.6. The van der Waals surface area contributed by atoms with E-state index in [1.807, 2.05) is 13.8 Å². The van der Waals surface area contributed by atoms with Crippen molar-refractivity contribution >= 4 is 17.9 Å². The summed E-state index contributed by atoms with van der Waals surface area (Å²) in [6.45, 7) is 4.69. The fraction of sp³-hybridized carbons (Fsp3) is 0.769. The van der Waals surface area contributed by atoms with Crippen molar-refractivity contribution in [3.63, 3.8) is 0 Å². The van der Waals surface area contributed by atoms with Crippen molar-refractivity contribution in [2.24, 2.45) is 5.92 Å². The zero-order valence-corrected chi connectivity index (χ0v) is 12.3. The number of nitrogens with one attached hydrogen (secondary N) is 1. The summed E-state index contributed by atoms with van der Waals surface area (Å²) < 4.78 is 0. The summed E-state index contributed by atoms with van der Waals surface area (Å²) >= 11 is 0. The first-order chi connectivity index (χ1) is 9.38. The third-order valence-electron chi connectivity index (χ3n) is 3.48. The van der Waals surface area contributed by atoms with Crippen molar-refractivity contribution in [1.82, 2.24) is 15.1 Å². The van der Waals surface area contributed by atoms with Gasteiger partial charge in [-0.2, -0.15) is 0 Å². The van der Waals surface area contributed by atoms with Crippen LogP contribution in [0.15, 0.2) is 0 Å². The Bertz CT molecular complexity index is 386. The van der Waals surface area contributed by atoms with Gasteiger partial charge in [0, 0.05) is 20.1 Å². The number of urea groups is 1. The van der Waals surface area contributed by atoms with Crippen LogP contribution >= 0.6 is 0 Å². The summed E-state index contributed by atoms with van der Waals surface area (Å²) in [5.74, 6) is -1.30. The molecular weight excluding hydrogens is 262 g/mol. The molecule has 0 aromatic heterocycles. The van der Waals surface area contributed by atoms with Gasteiger partial charge in [-0.3, -0.25) is 4.79 Å². The van der Waals surface area contributed by atoms with E-state index in [0.717, 1.165) is 6.42 Å².